The average Bonchev–Trinajstić information content (AvgIpc) is 2.97. The molecule has 1 atom stereocenters. The van der Waals surface area contributed by atoms with E-state index in [4.69, 9.17) is 11.6 Å². The van der Waals surface area contributed by atoms with Crippen LogP contribution in [0, 0.1) is 5.92 Å². The number of carbonyl (C=O) groups is 2. The first-order chi connectivity index (χ1) is 12.1. The van der Waals surface area contributed by atoms with E-state index in [-0.39, 0.29) is 26.3 Å². The van der Waals surface area contributed by atoms with E-state index >= 15 is 0 Å². The van der Waals surface area contributed by atoms with Gasteiger partial charge in [0.1, 0.15) is 11.6 Å². The maximum atomic E-state index is 13.6. The van der Waals surface area contributed by atoms with E-state index in [1.807, 2.05) is 0 Å². The number of amides is 1. The highest BCUT2D eigenvalue weighted by molar-refractivity contribution is 7.17. The van der Waals surface area contributed by atoms with Crippen LogP contribution in [0.4, 0.5) is 22.7 Å². The van der Waals surface area contributed by atoms with Crippen LogP contribution in [0.1, 0.15) is 25.7 Å². The molecular weight excluding hydrogens is 396 g/mol. The van der Waals surface area contributed by atoms with Gasteiger partial charge >= 0.3 is 11.8 Å². The largest absolute Gasteiger partial charge is 0.333 e. The van der Waals surface area contributed by atoms with Crippen molar-refractivity contribution < 1.29 is 27.2 Å². The lowest BCUT2D eigenvalue weighted by atomic mass is 9.66. The molecule has 0 radical (unpaired) electrons. The zero-order chi connectivity index (χ0) is 18.9. The number of hydrogen-bond acceptors (Lipinski definition) is 4. The van der Waals surface area contributed by atoms with Crippen molar-refractivity contribution in [2.45, 2.75) is 11.8 Å². The van der Waals surface area contributed by atoms with Crippen molar-refractivity contribution in [2.24, 2.45) is 5.92 Å². The van der Waals surface area contributed by atoms with Gasteiger partial charge in [-0.2, -0.15) is 17.6 Å². The van der Waals surface area contributed by atoms with Crippen molar-refractivity contribution in [1.82, 2.24) is 4.98 Å². The van der Waals surface area contributed by atoms with Crippen LogP contribution in [0.5, 0.6) is 0 Å². The number of ketones is 1. The summed E-state index contributed by atoms with van der Waals surface area (Å²) in [5.74, 6) is -12.8. The van der Waals surface area contributed by atoms with Gasteiger partial charge in [0.15, 0.2) is 10.9 Å². The summed E-state index contributed by atoms with van der Waals surface area (Å²) >= 11 is 6.66. The predicted octanol–water partition coefficient (Wildman–Crippen LogP) is 4.53. The Kier molecular flexibility index (Phi) is 3.55. The van der Waals surface area contributed by atoms with Gasteiger partial charge in [-0.15, -0.1) is 0 Å². The minimum atomic E-state index is -4.45. The number of halogens is 5. The second-order valence-corrected chi connectivity index (χ2v) is 7.20. The molecule has 134 valence electrons. The summed E-state index contributed by atoms with van der Waals surface area (Å²) in [7, 11) is 0. The van der Waals surface area contributed by atoms with E-state index in [9.17, 15) is 27.2 Å². The van der Waals surface area contributed by atoms with Crippen LogP contribution in [-0.2, 0) is 0 Å². The minimum Gasteiger partial charge on any atom is -0.298 e. The molecule has 2 aromatic rings. The van der Waals surface area contributed by atoms with Gasteiger partial charge in [0, 0.05) is 5.57 Å². The molecule has 4 rings (SSSR count). The number of nitrogens with one attached hydrogen (secondary N) is 1. The van der Waals surface area contributed by atoms with Gasteiger partial charge in [0.25, 0.3) is 5.91 Å². The smallest absolute Gasteiger partial charge is 0.298 e. The number of carbonyl (C=O) groups excluding carboxylic acids is 2. The Morgan fingerprint density at radius 3 is 2.62 bits per heavy atom. The van der Waals surface area contributed by atoms with E-state index in [0.717, 1.165) is 17.4 Å². The zero-order valence-corrected chi connectivity index (χ0v) is 14.1. The van der Waals surface area contributed by atoms with Gasteiger partial charge in [-0.3, -0.25) is 14.9 Å². The van der Waals surface area contributed by atoms with Crippen LogP contribution >= 0.6 is 22.9 Å². The van der Waals surface area contributed by atoms with Crippen LogP contribution in [0.2, 0.25) is 5.02 Å². The Bertz CT molecular complexity index is 1000. The summed E-state index contributed by atoms with van der Waals surface area (Å²) in [6.07, 6.45) is 0.849. The standard InChI is InChI=1S/C16H7ClF4N2O2S/c17-8-4-2-1-3-6(8)13(25)23-14-22-11-9(26-14)5-7-10(12(11)24)16(20,21)15(7,18)19/h1-5,10H,(H,22,23,25). The Labute approximate surface area is 152 Å². The molecule has 4 nitrogen and oxygen atoms in total. The molecule has 0 aliphatic heterocycles. The molecule has 0 bridgehead atoms. The van der Waals surface area contributed by atoms with Crippen LogP contribution in [-0.4, -0.2) is 28.5 Å². The van der Waals surface area contributed by atoms with Gasteiger partial charge in [-0.05, 0) is 18.2 Å². The van der Waals surface area contributed by atoms with Crippen LogP contribution in [0.15, 0.2) is 29.8 Å². The van der Waals surface area contributed by atoms with Crippen molar-refractivity contribution in [1.29, 1.82) is 0 Å². The number of rotatable bonds is 2. The van der Waals surface area contributed by atoms with Crippen molar-refractivity contribution >= 4 is 45.8 Å². The molecule has 1 unspecified atom stereocenters. The normalized spacial score (nSPS) is 22.0. The number of hydrogen-bond donors (Lipinski definition) is 1. The Balaban J connectivity index is 1.66. The lowest BCUT2D eigenvalue weighted by molar-refractivity contribution is -0.253. The SMILES string of the molecule is O=C(Nc1nc2c(s1)C=C1C(C2=O)C(F)(F)C1(F)F)c1ccccc1Cl. The summed E-state index contributed by atoms with van der Waals surface area (Å²) in [5, 5.41) is 2.51. The van der Waals surface area contributed by atoms with Crippen molar-refractivity contribution in [3.05, 3.63) is 51.0 Å². The summed E-state index contributed by atoms with van der Waals surface area (Å²) in [6, 6.07) is 6.17. The highest BCUT2D eigenvalue weighted by Gasteiger charge is 2.78. The molecule has 26 heavy (non-hydrogen) atoms. The van der Waals surface area contributed by atoms with Crippen LogP contribution in [0.3, 0.4) is 0 Å². The molecule has 10 heteroatoms. The Morgan fingerprint density at radius 1 is 1.23 bits per heavy atom. The van der Waals surface area contributed by atoms with Crippen molar-refractivity contribution in [3.8, 4) is 0 Å². The van der Waals surface area contributed by atoms with Gasteiger partial charge in [-0.25, -0.2) is 4.98 Å². The number of allylic oxidation sites excluding steroid dienone is 1. The molecule has 0 saturated heterocycles. The zero-order valence-electron chi connectivity index (χ0n) is 12.5. The average molecular weight is 403 g/mol. The monoisotopic (exact) mass is 402 g/mol. The highest BCUT2D eigenvalue weighted by Crippen LogP contribution is 2.62. The molecule has 1 aromatic carbocycles. The van der Waals surface area contributed by atoms with Crippen molar-refractivity contribution in [2.75, 3.05) is 5.32 Å². The third kappa shape index (κ3) is 2.16. The first-order valence-electron chi connectivity index (χ1n) is 7.23. The van der Waals surface area contributed by atoms with Gasteiger partial charge in [0.05, 0.1) is 15.5 Å². The lowest BCUT2D eigenvalue weighted by Crippen LogP contribution is -2.64. The van der Waals surface area contributed by atoms with Crippen LogP contribution < -0.4 is 5.32 Å². The van der Waals surface area contributed by atoms with E-state index in [0.29, 0.717) is 0 Å². The summed E-state index contributed by atoms with van der Waals surface area (Å²) in [4.78, 5) is 28.2. The van der Waals surface area contributed by atoms with E-state index in [2.05, 4.69) is 10.3 Å². The second kappa shape index (κ2) is 5.37. The van der Waals surface area contributed by atoms with E-state index in [1.165, 1.54) is 12.1 Å². The molecule has 1 saturated carbocycles. The predicted molar refractivity (Wildman–Crippen MR) is 87.2 cm³/mol. The molecule has 1 amide bonds. The van der Waals surface area contributed by atoms with Crippen molar-refractivity contribution in [3.63, 3.8) is 0 Å². The molecule has 2 aliphatic carbocycles. The maximum absolute atomic E-state index is 13.6. The first-order valence-corrected chi connectivity index (χ1v) is 8.42. The highest BCUT2D eigenvalue weighted by atomic mass is 35.5. The van der Waals surface area contributed by atoms with E-state index < -0.39 is 35.0 Å². The number of benzene rings is 1. The first kappa shape index (κ1) is 17.2. The number of aromatic nitrogens is 1. The maximum Gasteiger partial charge on any atom is 0.333 e. The van der Waals surface area contributed by atoms with Gasteiger partial charge in [0.2, 0.25) is 0 Å². The van der Waals surface area contributed by atoms with Gasteiger partial charge in [-0.1, -0.05) is 35.1 Å². The summed E-state index contributed by atoms with van der Waals surface area (Å²) < 4.78 is 54.2. The fourth-order valence-corrected chi connectivity index (χ4v) is 4.04. The molecular formula is C16H7ClF4N2O2S. The number of thiazole rings is 1. The molecule has 1 N–H and O–H groups in total. The second-order valence-electron chi connectivity index (χ2n) is 5.76. The summed E-state index contributed by atoms with van der Waals surface area (Å²) in [6.45, 7) is 0. The Morgan fingerprint density at radius 2 is 1.92 bits per heavy atom. The third-order valence-electron chi connectivity index (χ3n) is 4.23. The summed E-state index contributed by atoms with van der Waals surface area (Å²) in [5.41, 5.74) is -1.13. The number of nitrogens with zero attached hydrogens (tertiary/aromatic N) is 1. The minimum absolute atomic E-state index is 0.00545. The topological polar surface area (TPSA) is 59.1 Å². The fourth-order valence-electron chi connectivity index (χ4n) is 2.90. The number of alkyl halides is 4. The molecule has 2 aliphatic rings. The quantitative estimate of drug-likeness (QED) is 0.751. The van der Waals surface area contributed by atoms with Gasteiger partial charge < -0.3 is 0 Å². The molecule has 1 heterocycles. The van der Waals surface area contributed by atoms with E-state index in [1.54, 1.807) is 12.1 Å². The number of fused-ring (bicyclic) bond motifs is 2. The molecule has 0 spiro atoms. The number of Topliss-reactive ketones (excluding diaryl/α,β-unsaturated/α-hetero) is 1. The lowest BCUT2D eigenvalue weighted by Gasteiger charge is -2.46. The molecule has 1 fully saturated rings. The molecule has 1 aromatic heterocycles. The Hall–Kier alpha value is -2.26. The number of anilines is 1. The fraction of sp³-hybridized carbons (Fsp3) is 0.188. The van der Waals surface area contributed by atoms with Crippen LogP contribution in [0.25, 0.3) is 6.08 Å². The third-order valence-corrected chi connectivity index (χ3v) is 5.48.